The number of rotatable bonds is 8. The molecule has 158 valence electrons. The largest absolute Gasteiger partial charge is 0.326 e. The van der Waals surface area contributed by atoms with E-state index in [0.717, 1.165) is 11.1 Å². The van der Waals surface area contributed by atoms with Crippen LogP contribution in [0.25, 0.3) is 0 Å². The lowest BCUT2D eigenvalue weighted by Crippen LogP contribution is -2.31. The Bertz CT molecular complexity index is 1050. The van der Waals surface area contributed by atoms with Crippen LogP contribution in [0.4, 0.5) is 10.5 Å². The molecule has 0 saturated carbocycles. The van der Waals surface area contributed by atoms with Gasteiger partial charge in [0.2, 0.25) is 5.91 Å². The predicted octanol–water partition coefficient (Wildman–Crippen LogP) is 2.17. The number of amides is 4. The minimum atomic E-state index is -0.688. The van der Waals surface area contributed by atoms with Gasteiger partial charge in [0.25, 0.3) is 5.91 Å². The molecule has 4 rings (SSSR count). The molecular weight excluding hydrogens is 396 g/mol. The minimum absolute atomic E-state index is 0.122. The first-order valence-corrected chi connectivity index (χ1v) is 9.95. The Morgan fingerprint density at radius 2 is 1.74 bits per heavy atom. The molecule has 1 aromatic heterocycles. The average molecular weight is 418 g/mol. The lowest BCUT2D eigenvalue weighted by molar-refractivity contribution is -0.128. The molecule has 1 aliphatic rings. The van der Waals surface area contributed by atoms with E-state index in [2.05, 4.69) is 20.7 Å². The molecule has 2 N–H and O–H groups in total. The van der Waals surface area contributed by atoms with Gasteiger partial charge in [-0.25, -0.2) is 14.5 Å². The van der Waals surface area contributed by atoms with Gasteiger partial charge in [0.05, 0.1) is 13.1 Å². The van der Waals surface area contributed by atoms with E-state index < -0.39 is 12.1 Å². The number of anilines is 1. The number of nitrogens with zero attached hydrogens (tertiary/aromatic N) is 4. The average Bonchev–Trinajstić information content (AvgIpc) is 3.38. The summed E-state index contributed by atoms with van der Waals surface area (Å²) in [5.41, 5.74) is 2.57. The lowest BCUT2D eigenvalue weighted by Gasteiger charge is -2.13. The zero-order valence-electron chi connectivity index (χ0n) is 16.8. The van der Waals surface area contributed by atoms with Crippen molar-refractivity contribution in [2.45, 2.75) is 32.0 Å². The van der Waals surface area contributed by atoms with E-state index in [1.807, 2.05) is 54.6 Å². The summed E-state index contributed by atoms with van der Waals surface area (Å²) in [7, 11) is 0. The topological polar surface area (TPSA) is 109 Å². The quantitative estimate of drug-likeness (QED) is 0.545. The number of nitrogens with one attached hydrogen (secondary N) is 2. The van der Waals surface area contributed by atoms with Crippen LogP contribution in [-0.4, -0.2) is 43.6 Å². The number of urea groups is 1. The molecule has 1 fully saturated rings. The summed E-state index contributed by atoms with van der Waals surface area (Å²) in [6, 6.07) is 15.6. The number of carbonyl (C=O) groups excluding carboxylic acids is 3. The Balaban J connectivity index is 1.26. The molecule has 0 radical (unpaired) electrons. The van der Waals surface area contributed by atoms with Gasteiger partial charge in [0.1, 0.15) is 18.7 Å². The normalized spacial score (nSPS) is 15.7. The Labute approximate surface area is 179 Å². The fourth-order valence-corrected chi connectivity index (χ4v) is 3.38. The highest BCUT2D eigenvalue weighted by atomic mass is 16.2. The van der Waals surface area contributed by atoms with Crippen LogP contribution in [-0.2, 0) is 22.7 Å². The summed E-state index contributed by atoms with van der Waals surface area (Å²) in [5, 5.41) is 9.54. The SMILES string of the molecule is O=C(CCC1NC(=O)N(Cc2ccccc2)C1=O)Nc1ccc(Cn2cncn2)cc1. The molecule has 31 heavy (non-hydrogen) atoms. The molecule has 4 amide bonds. The number of hydrogen-bond donors (Lipinski definition) is 2. The third-order valence-electron chi connectivity index (χ3n) is 5.00. The Kier molecular flexibility index (Phi) is 6.02. The summed E-state index contributed by atoms with van der Waals surface area (Å²) in [6.45, 7) is 0.812. The molecule has 0 aliphatic carbocycles. The molecule has 0 bridgehead atoms. The molecule has 2 aromatic carbocycles. The molecule has 0 spiro atoms. The highest BCUT2D eigenvalue weighted by Gasteiger charge is 2.37. The standard InChI is InChI=1S/C22H22N6O3/c29-20(25-18-8-6-17(7-9-18)12-27-15-23-14-24-27)11-10-19-21(30)28(22(31)26-19)13-16-4-2-1-3-5-16/h1-9,14-15,19H,10-13H2,(H,25,29)(H,26,31). The molecule has 1 unspecified atom stereocenters. The van der Waals surface area contributed by atoms with Crippen molar-refractivity contribution in [3.8, 4) is 0 Å². The van der Waals surface area contributed by atoms with Crippen LogP contribution >= 0.6 is 0 Å². The first kappa shape index (κ1) is 20.3. The second-order valence-corrected chi connectivity index (χ2v) is 7.29. The second-order valence-electron chi connectivity index (χ2n) is 7.29. The van der Waals surface area contributed by atoms with Gasteiger partial charge in [0.15, 0.2) is 0 Å². The number of imide groups is 1. The molecule has 9 nitrogen and oxygen atoms in total. The van der Waals surface area contributed by atoms with Crippen LogP contribution in [0.15, 0.2) is 67.3 Å². The number of carbonyl (C=O) groups is 3. The first-order chi connectivity index (χ1) is 15.1. The number of benzene rings is 2. The van der Waals surface area contributed by atoms with Crippen molar-refractivity contribution in [2.24, 2.45) is 0 Å². The van der Waals surface area contributed by atoms with Crippen molar-refractivity contribution in [2.75, 3.05) is 5.32 Å². The van der Waals surface area contributed by atoms with Crippen LogP contribution < -0.4 is 10.6 Å². The maximum absolute atomic E-state index is 12.6. The van der Waals surface area contributed by atoms with E-state index in [-0.39, 0.29) is 31.2 Å². The van der Waals surface area contributed by atoms with E-state index in [1.165, 1.54) is 11.2 Å². The van der Waals surface area contributed by atoms with Crippen molar-refractivity contribution in [1.29, 1.82) is 0 Å². The van der Waals surface area contributed by atoms with E-state index in [0.29, 0.717) is 12.2 Å². The van der Waals surface area contributed by atoms with Crippen molar-refractivity contribution in [3.05, 3.63) is 78.4 Å². The lowest BCUT2D eigenvalue weighted by atomic mass is 10.1. The molecule has 9 heteroatoms. The van der Waals surface area contributed by atoms with Gasteiger partial charge in [-0.05, 0) is 29.7 Å². The smallest absolute Gasteiger partial charge is 0.325 e. The van der Waals surface area contributed by atoms with Crippen molar-refractivity contribution >= 4 is 23.5 Å². The van der Waals surface area contributed by atoms with Crippen LogP contribution in [0.5, 0.6) is 0 Å². The van der Waals surface area contributed by atoms with Gasteiger partial charge in [-0.1, -0.05) is 42.5 Å². The van der Waals surface area contributed by atoms with Gasteiger partial charge in [-0.15, -0.1) is 0 Å². The Morgan fingerprint density at radius 3 is 2.45 bits per heavy atom. The predicted molar refractivity (Wildman–Crippen MR) is 113 cm³/mol. The van der Waals surface area contributed by atoms with E-state index in [9.17, 15) is 14.4 Å². The zero-order valence-corrected chi connectivity index (χ0v) is 16.8. The van der Waals surface area contributed by atoms with Crippen LogP contribution in [0, 0.1) is 0 Å². The van der Waals surface area contributed by atoms with Gasteiger partial charge < -0.3 is 10.6 Å². The first-order valence-electron chi connectivity index (χ1n) is 9.95. The van der Waals surface area contributed by atoms with Crippen LogP contribution in [0.2, 0.25) is 0 Å². The minimum Gasteiger partial charge on any atom is -0.326 e. The number of aromatic nitrogens is 3. The highest BCUT2D eigenvalue weighted by Crippen LogP contribution is 2.16. The Morgan fingerprint density at radius 1 is 1.00 bits per heavy atom. The van der Waals surface area contributed by atoms with Crippen molar-refractivity contribution in [3.63, 3.8) is 0 Å². The summed E-state index contributed by atoms with van der Waals surface area (Å²) in [6.07, 6.45) is 3.48. The van der Waals surface area contributed by atoms with Gasteiger partial charge >= 0.3 is 6.03 Å². The summed E-state index contributed by atoms with van der Waals surface area (Å²) in [5.74, 6) is -0.522. The monoisotopic (exact) mass is 418 g/mol. The van der Waals surface area contributed by atoms with Gasteiger partial charge in [-0.2, -0.15) is 5.10 Å². The summed E-state index contributed by atoms with van der Waals surface area (Å²) in [4.78, 5) is 42.1. The summed E-state index contributed by atoms with van der Waals surface area (Å²) >= 11 is 0. The van der Waals surface area contributed by atoms with Gasteiger partial charge in [0, 0.05) is 12.1 Å². The molecule has 1 atom stereocenters. The highest BCUT2D eigenvalue weighted by molar-refractivity contribution is 6.04. The van der Waals surface area contributed by atoms with Crippen LogP contribution in [0.3, 0.4) is 0 Å². The third-order valence-corrected chi connectivity index (χ3v) is 5.00. The molecule has 1 aliphatic heterocycles. The molecule has 2 heterocycles. The maximum atomic E-state index is 12.6. The maximum Gasteiger partial charge on any atom is 0.325 e. The van der Waals surface area contributed by atoms with Crippen LogP contribution in [0.1, 0.15) is 24.0 Å². The molecular formula is C22H22N6O3. The fraction of sp³-hybridized carbons (Fsp3) is 0.227. The summed E-state index contributed by atoms with van der Waals surface area (Å²) < 4.78 is 1.71. The van der Waals surface area contributed by atoms with E-state index in [1.54, 1.807) is 11.0 Å². The van der Waals surface area contributed by atoms with Crippen molar-refractivity contribution < 1.29 is 14.4 Å². The molecule has 3 aromatic rings. The number of hydrogen-bond acceptors (Lipinski definition) is 5. The van der Waals surface area contributed by atoms with E-state index >= 15 is 0 Å². The second kappa shape index (κ2) is 9.21. The fourth-order valence-electron chi connectivity index (χ4n) is 3.38. The Hall–Kier alpha value is -4.01. The van der Waals surface area contributed by atoms with Gasteiger partial charge in [-0.3, -0.25) is 14.5 Å². The molecule has 1 saturated heterocycles. The zero-order chi connectivity index (χ0) is 21.6. The van der Waals surface area contributed by atoms with E-state index in [4.69, 9.17) is 0 Å². The third kappa shape index (κ3) is 5.13. The van der Waals surface area contributed by atoms with Crippen molar-refractivity contribution in [1.82, 2.24) is 25.0 Å².